The number of fused-ring (bicyclic) bond motifs is 2. The van der Waals surface area contributed by atoms with Gasteiger partial charge in [-0.1, -0.05) is 82.7 Å². The summed E-state index contributed by atoms with van der Waals surface area (Å²) in [7, 11) is 0. The SMILES string of the molecule is O=C1c2ccccc2C(=O)c2c1oc(-c1ccc(Br)cc1)c2-c1ccccc1. The maximum Gasteiger partial charge on any atom is 0.229 e. The molecule has 0 spiro atoms. The maximum atomic E-state index is 13.3. The molecule has 0 unspecified atom stereocenters. The van der Waals surface area contributed by atoms with E-state index in [4.69, 9.17) is 4.42 Å². The summed E-state index contributed by atoms with van der Waals surface area (Å²) in [6.07, 6.45) is 0. The van der Waals surface area contributed by atoms with Crippen LogP contribution in [0, 0.1) is 0 Å². The molecule has 3 nitrogen and oxygen atoms in total. The van der Waals surface area contributed by atoms with Crippen LogP contribution in [-0.4, -0.2) is 11.6 Å². The quantitative estimate of drug-likeness (QED) is 0.338. The smallest absolute Gasteiger partial charge is 0.229 e. The molecular weight excluding hydrogens is 416 g/mol. The lowest BCUT2D eigenvalue weighted by Gasteiger charge is -2.14. The van der Waals surface area contributed by atoms with Crippen LogP contribution in [0.5, 0.6) is 0 Å². The van der Waals surface area contributed by atoms with Gasteiger partial charge in [-0.05, 0) is 17.7 Å². The average molecular weight is 429 g/mol. The Morgan fingerprint density at radius 3 is 1.86 bits per heavy atom. The molecule has 0 saturated heterocycles. The van der Waals surface area contributed by atoms with E-state index in [1.54, 1.807) is 24.3 Å². The molecule has 4 heteroatoms. The summed E-state index contributed by atoms with van der Waals surface area (Å²) in [6.45, 7) is 0. The zero-order valence-electron chi connectivity index (χ0n) is 14.6. The number of carbonyl (C=O) groups excluding carboxylic acids is 2. The molecule has 0 aliphatic heterocycles. The Morgan fingerprint density at radius 2 is 1.18 bits per heavy atom. The Balaban J connectivity index is 1.84. The van der Waals surface area contributed by atoms with Gasteiger partial charge in [-0.15, -0.1) is 0 Å². The number of halogens is 1. The molecule has 134 valence electrons. The van der Waals surface area contributed by atoms with Crippen LogP contribution in [0.4, 0.5) is 0 Å². The third-order valence-corrected chi connectivity index (χ3v) is 5.46. The van der Waals surface area contributed by atoms with Gasteiger partial charge in [-0.3, -0.25) is 9.59 Å². The van der Waals surface area contributed by atoms with Crippen LogP contribution in [-0.2, 0) is 0 Å². The number of hydrogen-bond donors (Lipinski definition) is 0. The predicted molar refractivity (Wildman–Crippen MR) is 111 cm³/mol. The lowest BCUT2D eigenvalue weighted by molar-refractivity contribution is 0.0961. The molecule has 0 bridgehead atoms. The minimum atomic E-state index is -0.259. The number of rotatable bonds is 2. The summed E-state index contributed by atoms with van der Waals surface area (Å²) >= 11 is 3.44. The third kappa shape index (κ3) is 2.49. The van der Waals surface area contributed by atoms with E-state index >= 15 is 0 Å². The molecule has 28 heavy (non-hydrogen) atoms. The van der Waals surface area contributed by atoms with Crippen molar-refractivity contribution in [1.82, 2.24) is 0 Å². The van der Waals surface area contributed by atoms with Crippen LogP contribution >= 0.6 is 15.9 Å². The van der Waals surface area contributed by atoms with Crippen LogP contribution in [0.1, 0.15) is 32.0 Å². The molecule has 4 aromatic rings. The van der Waals surface area contributed by atoms with Crippen molar-refractivity contribution in [2.24, 2.45) is 0 Å². The van der Waals surface area contributed by atoms with E-state index in [0.29, 0.717) is 28.0 Å². The topological polar surface area (TPSA) is 47.3 Å². The van der Waals surface area contributed by atoms with Crippen LogP contribution in [0.3, 0.4) is 0 Å². The van der Waals surface area contributed by atoms with Crippen molar-refractivity contribution >= 4 is 27.5 Å². The summed E-state index contributed by atoms with van der Waals surface area (Å²) in [5.41, 5.74) is 3.45. The third-order valence-electron chi connectivity index (χ3n) is 4.93. The molecule has 1 aliphatic rings. The van der Waals surface area contributed by atoms with Crippen molar-refractivity contribution in [2.45, 2.75) is 0 Å². The van der Waals surface area contributed by atoms with Crippen molar-refractivity contribution in [1.29, 1.82) is 0 Å². The number of carbonyl (C=O) groups is 2. The minimum Gasteiger partial charge on any atom is -0.451 e. The van der Waals surface area contributed by atoms with Crippen molar-refractivity contribution in [2.75, 3.05) is 0 Å². The van der Waals surface area contributed by atoms with Crippen LogP contribution in [0.25, 0.3) is 22.5 Å². The highest BCUT2D eigenvalue weighted by Crippen LogP contribution is 2.43. The van der Waals surface area contributed by atoms with Crippen molar-refractivity contribution in [3.05, 3.63) is 106 Å². The van der Waals surface area contributed by atoms with E-state index < -0.39 is 0 Å². The predicted octanol–water partition coefficient (Wildman–Crippen LogP) is 6.15. The second-order valence-corrected chi connectivity index (χ2v) is 7.50. The van der Waals surface area contributed by atoms with E-state index in [1.165, 1.54) is 0 Å². The fourth-order valence-electron chi connectivity index (χ4n) is 3.63. The fraction of sp³-hybridized carbons (Fsp3) is 0. The van der Waals surface area contributed by atoms with Gasteiger partial charge in [0, 0.05) is 26.7 Å². The van der Waals surface area contributed by atoms with E-state index in [2.05, 4.69) is 15.9 Å². The first kappa shape index (κ1) is 16.9. The highest BCUT2D eigenvalue weighted by Gasteiger charge is 2.37. The standard InChI is InChI=1S/C24H13BrO3/c25-16-12-10-15(11-13-16)23-19(14-6-2-1-3-7-14)20-21(26)17-8-4-5-9-18(17)22(27)24(20)28-23/h1-13H. The second kappa shape index (κ2) is 6.43. The van der Waals surface area contributed by atoms with Gasteiger partial charge in [0.05, 0.1) is 5.56 Å². The lowest BCUT2D eigenvalue weighted by Crippen LogP contribution is -2.19. The monoisotopic (exact) mass is 428 g/mol. The molecular formula is C24H13BrO3. The summed E-state index contributed by atoms with van der Waals surface area (Å²) in [6, 6.07) is 24.1. The number of benzene rings is 3. The normalized spacial score (nSPS) is 12.6. The first-order valence-electron chi connectivity index (χ1n) is 8.81. The summed E-state index contributed by atoms with van der Waals surface area (Å²) in [4.78, 5) is 26.4. The van der Waals surface area contributed by atoms with Crippen LogP contribution in [0.15, 0.2) is 87.8 Å². The maximum absolute atomic E-state index is 13.3. The highest BCUT2D eigenvalue weighted by molar-refractivity contribution is 9.10. The van der Waals surface area contributed by atoms with Gasteiger partial charge in [0.2, 0.25) is 5.78 Å². The molecule has 0 atom stereocenters. The molecule has 5 rings (SSSR count). The van der Waals surface area contributed by atoms with Gasteiger partial charge in [0.15, 0.2) is 11.5 Å². The molecule has 1 aromatic heterocycles. The van der Waals surface area contributed by atoms with Crippen molar-refractivity contribution in [3.8, 4) is 22.5 Å². The molecule has 1 heterocycles. The zero-order valence-corrected chi connectivity index (χ0v) is 16.2. The lowest BCUT2D eigenvalue weighted by atomic mass is 9.84. The Labute approximate surface area is 169 Å². The molecule has 0 radical (unpaired) electrons. The molecule has 0 amide bonds. The summed E-state index contributed by atoms with van der Waals surface area (Å²) < 4.78 is 7.01. The van der Waals surface area contributed by atoms with Gasteiger partial charge in [0.1, 0.15) is 5.76 Å². The molecule has 3 aromatic carbocycles. The number of furan rings is 1. The fourth-order valence-corrected chi connectivity index (χ4v) is 3.89. The Morgan fingerprint density at radius 1 is 0.571 bits per heavy atom. The van der Waals surface area contributed by atoms with E-state index in [1.807, 2.05) is 54.6 Å². The van der Waals surface area contributed by atoms with E-state index in [0.717, 1.165) is 15.6 Å². The van der Waals surface area contributed by atoms with Gasteiger partial charge in [0.25, 0.3) is 0 Å². The Kier molecular flexibility index (Phi) is 3.88. The Bertz CT molecular complexity index is 1230. The highest BCUT2D eigenvalue weighted by atomic mass is 79.9. The first-order valence-corrected chi connectivity index (χ1v) is 9.61. The molecule has 1 aliphatic carbocycles. The van der Waals surface area contributed by atoms with E-state index in [9.17, 15) is 9.59 Å². The zero-order chi connectivity index (χ0) is 19.3. The van der Waals surface area contributed by atoms with Gasteiger partial charge in [-0.25, -0.2) is 0 Å². The van der Waals surface area contributed by atoms with Gasteiger partial charge >= 0.3 is 0 Å². The van der Waals surface area contributed by atoms with Crippen molar-refractivity contribution in [3.63, 3.8) is 0 Å². The summed E-state index contributed by atoms with van der Waals surface area (Å²) in [5.74, 6) is 0.195. The first-order chi connectivity index (χ1) is 13.6. The van der Waals surface area contributed by atoms with Crippen LogP contribution < -0.4 is 0 Å². The van der Waals surface area contributed by atoms with Gasteiger partial charge < -0.3 is 4.42 Å². The number of ketones is 2. The average Bonchev–Trinajstić information content (AvgIpc) is 3.14. The van der Waals surface area contributed by atoms with Crippen LogP contribution in [0.2, 0.25) is 0 Å². The second-order valence-electron chi connectivity index (χ2n) is 6.59. The minimum absolute atomic E-state index is 0.112. The largest absolute Gasteiger partial charge is 0.451 e. The Hall–Kier alpha value is -3.24. The molecule has 0 saturated carbocycles. The van der Waals surface area contributed by atoms with E-state index in [-0.39, 0.29) is 17.3 Å². The molecule has 0 N–H and O–H groups in total. The van der Waals surface area contributed by atoms with Crippen molar-refractivity contribution < 1.29 is 14.0 Å². The van der Waals surface area contributed by atoms with Gasteiger partial charge in [-0.2, -0.15) is 0 Å². The summed E-state index contributed by atoms with van der Waals surface area (Å²) in [5, 5.41) is 0. The number of hydrogen-bond acceptors (Lipinski definition) is 3. The molecule has 0 fully saturated rings.